The number of aromatic nitrogens is 4. The maximum atomic E-state index is 13.6. The number of morpholine rings is 1. The maximum absolute atomic E-state index is 13.6. The molecule has 1 aromatic carbocycles. The quantitative estimate of drug-likeness (QED) is 0.449. The first-order valence-corrected chi connectivity index (χ1v) is 12.0. The molecule has 184 valence electrons. The van der Waals surface area contributed by atoms with Gasteiger partial charge in [0.15, 0.2) is 0 Å². The molecule has 1 N–H and O–H groups in total. The third-order valence-corrected chi connectivity index (χ3v) is 6.36. The number of hydrogen-bond acceptors (Lipinski definition) is 7. The van der Waals surface area contributed by atoms with E-state index in [0.717, 1.165) is 43.1 Å². The lowest BCUT2D eigenvalue weighted by Gasteiger charge is -2.28. The summed E-state index contributed by atoms with van der Waals surface area (Å²) in [5.74, 6) is -0.144. The fourth-order valence-corrected chi connectivity index (χ4v) is 4.36. The lowest BCUT2D eigenvalue weighted by molar-refractivity contribution is -0.119. The molecule has 9 heteroatoms. The fraction of sp³-hybridized carbons (Fsp3) is 0.296. The van der Waals surface area contributed by atoms with E-state index in [-0.39, 0.29) is 17.5 Å². The number of fused-ring (bicyclic) bond motifs is 1. The van der Waals surface area contributed by atoms with Gasteiger partial charge in [0, 0.05) is 55.8 Å². The van der Waals surface area contributed by atoms with Gasteiger partial charge in [-0.3, -0.25) is 19.1 Å². The topological polar surface area (TPSA) is 102 Å². The van der Waals surface area contributed by atoms with Crippen LogP contribution in [0.15, 0.2) is 66.0 Å². The third-order valence-electron chi connectivity index (χ3n) is 6.36. The number of anilines is 1. The van der Waals surface area contributed by atoms with Crippen LogP contribution in [-0.2, 0) is 9.53 Å². The van der Waals surface area contributed by atoms with Gasteiger partial charge in [0.05, 0.1) is 42.4 Å². The summed E-state index contributed by atoms with van der Waals surface area (Å²) in [7, 11) is 0. The van der Waals surface area contributed by atoms with Gasteiger partial charge < -0.3 is 15.0 Å². The van der Waals surface area contributed by atoms with Crippen molar-refractivity contribution >= 4 is 22.5 Å². The molecule has 1 atom stereocenters. The Kier molecular flexibility index (Phi) is 6.73. The third kappa shape index (κ3) is 4.83. The van der Waals surface area contributed by atoms with E-state index in [2.05, 4.69) is 32.3 Å². The van der Waals surface area contributed by atoms with Crippen LogP contribution in [0.1, 0.15) is 19.9 Å². The Morgan fingerprint density at radius 1 is 1.14 bits per heavy atom. The molecule has 1 aliphatic heterocycles. The highest BCUT2D eigenvalue weighted by atomic mass is 16.5. The Morgan fingerprint density at radius 3 is 2.61 bits per heavy atom. The molecule has 5 rings (SSSR count). The van der Waals surface area contributed by atoms with E-state index in [1.165, 1.54) is 13.3 Å². The first kappa shape index (κ1) is 23.6. The molecule has 3 aromatic heterocycles. The van der Waals surface area contributed by atoms with Crippen molar-refractivity contribution in [3.63, 3.8) is 0 Å². The van der Waals surface area contributed by atoms with E-state index < -0.39 is 0 Å². The Morgan fingerprint density at radius 2 is 1.92 bits per heavy atom. The monoisotopic (exact) mass is 484 g/mol. The van der Waals surface area contributed by atoms with Gasteiger partial charge >= 0.3 is 0 Å². The maximum Gasteiger partial charge on any atom is 0.261 e. The molecule has 1 amide bonds. The predicted octanol–water partition coefficient (Wildman–Crippen LogP) is 3.05. The first-order chi connectivity index (χ1) is 17.5. The zero-order valence-corrected chi connectivity index (χ0v) is 20.3. The van der Waals surface area contributed by atoms with Gasteiger partial charge in [-0.1, -0.05) is 12.1 Å². The van der Waals surface area contributed by atoms with Crippen LogP contribution in [0.5, 0.6) is 0 Å². The van der Waals surface area contributed by atoms with Crippen LogP contribution < -0.4 is 15.8 Å². The molecule has 0 bridgehead atoms. The van der Waals surface area contributed by atoms with Crippen LogP contribution in [0.4, 0.5) is 5.69 Å². The summed E-state index contributed by atoms with van der Waals surface area (Å²) in [6.07, 6.45) is 4.94. The molecular weight excluding hydrogens is 456 g/mol. The number of carbonyl (C=O) groups excluding carboxylic acids is 1. The Labute approximate surface area is 208 Å². The molecule has 36 heavy (non-hydrogen) atoms. The second-order valence-corrected chi connectivity index (χ2v) is 8.88. The van der Waals surface area contributed by atoms with E-state index in [0.29, 0.717) is 28.8 Å². The Balaban J connectivity index is 1.61. The molecule has 1 unspecified atom stereocenters. The summed E-state index contributed by atoms with van der Waals surface area (Å²) >= 11 is 0. The average molecular weight is 485 g/mol. The lowest BCUT2D eigenvalue weighted by Crippen LogP contribution is -2.36. The number of benzene rings is 1. The average Bonchev–Trinajstić information content (AvgIpc) is 2.92. The number of ether oxygens (including phenoxy) is 1. The Hall–Kier alpha value is -4.11. The summed E-state index contributed by atoms with van der Waals surface area (Å²) < 4.78 is 7.01. The van der Waals surface area contributed by atoms with Crippen molar-refractivity contribution in [3.8, 4) is 22.5 Å². The van der Waals surface area contributed by atoms with Crippen LogP contribution in [-0.4, -0.2) is 58.3 Å². The van der Waals surface area contributed by atoms with Crippen molar-refractivity contribution in [2.45, 2.75) is 19.9 Å². The van der Waals surface area contributed by atoms with E-state index in [4.69, 9.17) is 9.72 Å². The highest BCUT2D eigenvalue weighted by molar-refractivity contribution is 5.93. The zero-order valence-electron chi connectivity index (χ0n) is 20.3. The number of nitrogens with zero attached hydrogens (tertiary/aromatic N) is 5. The minimum atomic E-state index is -0.260. The molecule has 4 aromatic rings. The fourth-order valence-electron chi connectivity index (χ4n) is 4.36. The van der Waals surface area contributed by atoms with Crippen molar-refractivity contribution in [1.29, 1.82) is 0 Å². The highest BCUT2D eigenvalue weighted by Gasteiger charge is 2.18. The molecule has 1 fully saturated rings. The Bertz CT molecular complexity index is 1430. The van der Waals surface area contributed by atoms with Crippen LogP contribution in [0.2, 0.25) is 0 Å². The summed E-state index contributed by atoms with van der Waals surface area (Å²) in [5.41, 5.74) is 4.44. The minimum absolute atomic E-state index is 0.144. The second kappa shape index (κ2) is 10.2. The van der Waals surface area contributed by atoms with Crippen molar-refractivity contribution in [2.24, 2.45) is 0 Å². The summed E-state index contributed by atoms with van der Waals surface area (Å²) in [5, 5.41) is 3.23. The second-order valence-electron chi connectivity index (χ2n) is 8.88. The van der Waals surface area contributed by atoms with Gasteiger partial charge in [0.2, 0.25) is 5.91 Å². The molecular formula is C27H28N6O3. The van der Waals surface area contributed by atoms with Crippen molar-refractivity contribution in [1.82, 2.24) is 24.8 Å². The van der Waals surface area contributed by atoms with Gasteiger partial charge in [-0.2, -0.15) is 0 Å². The number of pyridine rings is 2. The minimum Gasteiger partial charge on any atom is -0.378 e. The smallest absolute Gasteiger partial charge is 0.261 e. The van der Waals surface area contributed by atoms with Gasteiger partial charge in [0.1, 0.15) is 5.52 Å². The first-order valence-electron chi connectivity index (χ1n) is 12.0. The van der Waals surface area contributed by atoms with Gasteiger partial charge in [-0.15, -0.1) is 0 Å². The van der Waals surface area contributed by atoms with Crippen LogP contribution in [0, 0.1) is 0 Å². The molecule has 1 aliphatic rings. The summed E-state index contributed by atoms with van der Waals surface area (Å²) in [6.45, 7) is 6.83. The molecule has 9 nitrogen and oxygen atoms in total. The van der Waals surface area contributed by atoms with Gasteiger partial charge in [0.25, 0.3) is 5.56 Å². The van der Waals surface area contributed by atoms with Crippen LogP contribution in [0.25, 0.3) is 33.4 Å². The summed E-state index contributed by atoms with van der Waals surface area (Å²) in [4.78, 5) is 41.0. The molecule has 1 saturated heterocycles. The zero-order chi connectivity index (χ0) is 25.1. The van der Waals surface area contributed by atoms with Gasteiger partial charge in [-0.25, -0.2) is 9.97 Å². The van der Waals surface area contributed by atoms with Crippen molar-refractivity contribution < 1.29 is 9.53 Å². The van der Waals surface area contributed by atoms with Crippen LogP contribution in [0.3, 0.4) is 0 Å². The number of rotatable bonds is 6. The largest absolute Gasteiger partial charge is 0.378 e. The normalized spacial score (nSPS) is 14.6. The van der Waals surface area contributed by atoms with Crippen molar-refractivity contribution in [3.05, 3.63) is 71.5 Å². The molecule has 0 spiro atoms. The predicted molar refractivity (Wildman–Crippen MR) is 139 cm³/mol. The van der Waals surface area contributed by atoms with E-state index >= 15 is 0 Å². The lowest BCUT2D eigenvalue weighted by atomic mass is 10.0. The molecule has 0 saturated carbocycles. The van der Waals surface area contributed by atoms with E-state index in [9.17, 15) is 9.59 Å². The number of carbonyl (C=O) groups is 1. The highest BCUT2D eigenvalue weighted by Crippen LogP contribution is 2.29. The number of hydrogen-bond donors (Lipinski definition) is 1. The van der Waals surface area contributed by atoms with E-state index in [1.54, 1.807) is 23.0 Å². The molecule has 4 heterocycles. The van der Waals surface area contributed by atoms with Crippen LogP contribution >= 0.6 is 0 Å². The number of nitrogens with one attached hydrogen (secondary N) is 1. The van der Waals surface area contributed by atoms with E-state index in [1.807, 2.05) is 31.2 Å². The number of amides is 1. The summed E-state index contributed by atoms with van der Waals surface area (Å²) in [6, 6.07) is 13.5. The molecule has 0 aliphatic carbocycles. The standard InChI is InChI=1S/C27H28N6O3/c1-18(15-29-19(2)34)33-17-30-26-23(27(33)35)14-24(31-25(26)21-4-3-9-28-16-21)20-5-7-22(8-6-20)32-10-12-36-13-11-32/h3-9,14,16-18H,10-13,15H2,1-2H3,(H,29,34). The SMILES string of the molecule is CC(=O)NCC(C)n1cnc2c(-c3cccnc3)nc(-c3ccc(N4CCOCC4)cc3)cc2c1=O. The van der Waals surface area contributed by atoms with Gasteiger partial charge in [-0.05, 0) is 37.3 Å². The van der Waals surface area contributed by atoms with Crippen molar-refractivity contribution in [2.75, 3.05) is 37.7 Å². The molecule has 0 radical (unpaired) electrons.